The molecule has 0 unspecified atom stereocenters. The van der Waals surface area contributed by atoms with E-state index in [1.165, 1.54) is 0 Å². The van der Waals surface area contributed by atoms with Crippen LogP contribution in [0.2, 0.25) is 0 Å². The normalized spacial score (nSPS) is 16.5. The van der Waals surface area contributed by atoms with Crippen LogP contribution >= 0.6 is 0 Å². The van der Waals surface area contributed by atoms with Crippen molar-refractivity contribution in [3.63, 3.8) is 0 Å². The number of H-pyrrole nitrogens is 1. The van der Waals surface area contributed by atoms with Crippen LogP contribution in [0.3, 0.4) is 0 Å². The molecule has 0 atom stereocenters. The number of hydrogen-bond acceptors (Lipinski definition) is 4. The number of rotatable bonds is 4. The van der Waals surface area contributed by atoms with Gasteiger partial charge in [-0.1, -0.05) is 6.07 Å². The second-order valence-corrected chi connectivity index (χ2v) is 5.01. The van der Waals surface area contributed by atoms with Gasteiger partial charge in [-0.05, 0) is 37.0 Å². The highest BCUT2D eigenvalue weighted by molar-refractivity contribution is 5.88. The fourth-order valence-electron chi connectivity index (χ4n) is 2.01. The van der Waals surface area contributed by atoms with E-state index in [1.807, 2.05) is 12.1 Å². The van der Waals surface area contributed by atoms with E-state index in [0.29, 0.717) is 24.1 Å². The highest BCUT2D eigenvalue weighted by Crippen LogP contribution is 2.31. The number of amides is 1. The molecule has 1 aliphatic carbocycles. The van der Waals surface area contributed by atoms with E-state index in [1.54, 1.807) is 6.07 Å². The molecule has 1 aromatic carbocycles. The third-order valence-electron chi connectivity index (χ3n) is 3.42. The van der Waals surface area contributed by atoms with E-state index in [0.717, 1.165) is 18.4 Å². The van der Waals surface area contributed by atoms with Crippen LogP contribution in [0.4, 0.5) is 0 Å². The zero-order valence-corrected chi connectivity index (χ0v) is 10.4. The van der Waals surface area contributed by atoms with Gasteiger partial charge in [-0.25, -0.2) is 4.79 Å². The molecule has 1 heterocycles. The summed E-state index contributed by atoms with van der Waals surface area (Å²) >= 11 is 0. The van der Waals surface area contributed by atoms with E-state index in [4.69, 9.17) is 10.2 Å². The van der Waals surface area contributed by atoms with Crippen molar-refractivity contribution in [2.24, 2.45) is 5.73 Å². The highest BCUT2D eigenvalue weighted by atomic mass is 16.4. The van der Waals surface area contributed by atoms with Crippen LogP contribution in [0.15, 0.2) is 27.4 Å². The highest BCUT2D eigenvalue weighted by Gasteiger charge is 2.45. The Bertz CT molecular complexity index is 682. The quantitative estimate of drug-likeness (QED) is 0.735. The van der Waals surface area contributed by atoms with Gasteiger partial charge >= 0.3 is 5.76 Å². The number of aromatic nitrogens is 1. The number of hydrogen-bond donors (Lipinski definition) is 3. The molecule has 1 fully saturated rings. The molecule has 3 rings (SSSR count). The van der Waals surface area contributed by atoms with E-state index >= 15 is 0 Å². The minimum absolute atomic E-state index is 0.0784. The van der Waals surface area contributed by atoms with E-state index in [2.05, 4.69) is 10.3 Å². The van der Waals surface area contributed by atoms with Crippen molar-refractivity contribution >= 4 is 17.0 Å². The molecular weight excluding hydrogens is 246 g/mol. The van der Waals surface area contributed by atoms with Gasteiger partial charge in [0.15, 0.2) is 5.58 Å². The van der Waals surface area contributed by atoms with Gasteiger partial charge in [-0.3, -0.25) is 9.78 Å². The molecule has 0 bridgehead atoms. The summed E-state index contributed by atoms with van der Waals surface area (Å²) in [5.74, 6) is -0.537. The first-order valence-corrected chi connectivity index (χ1v) is 6.26. The van der Waals surface area contributed by atoms with Crippen molar-refractivity contribution in [1.82, 2.24) is 10.3 Å². The molecule has 1 amide bonds. The van der Waals surface area contributed by atoms with E-state index in [9.17, 15) is 9.59 Å². The molecule has 0 aliphatic heterocycles. The van der Waals surface area contributed by atoms with Crippen LogP contribution in [0.25, 0.3) is 11.1 Å². The maximum absolute atomic E-state index is 11.6. The number of carbonyl (C=O) groups excluding carboxylic acids is 1. The van der Waals surface area contributed by atoms with Crippen molar-refractivity contribution in [3.8, 4) is 0 Å². The molecule has 1 aromatic heterocycles. The number of oxazole rings is 1. The van der Waals surface area contributed by atoms with Gasteiger partial charge in [0.25, 0.3) is 0 Å². The Morgan fingerprint density at radius 1 is 1.47 bits per heavy atom. The Kier molecular flexibility index (Phi) is 2.67. The van der Waals surface area contributed by atoms with E-state index in [-0.39, 0.29) is 5.91 Å². The van der Waals surface area contributed by atoms with Gasteiger partial charge in [0.2, 0.25) is 5.91 Å². The smallest absolute Gasteiger partial charge is 0.408 e. The third kappa shape index (κ3) is 2.39. The summed E-state index contributed by atoms with van der Waals surface area (Å²) in [7, 11) is 0. The van der Waals surface area contributed by atoms with Crippen molar-refractivity contribution in [2.45, 2.75) is 24.8 Å². The fourth-order valence-corrected chi connectivity index (χ4v) is 2.01. The lowest BCUT2D eigenvalue weighted by molar-refractivity contribution is -0.123. The average Bonchev–Trinajstić information content (AvgIpc) is 3.01. The number of nitrogens with one attached hydrogen (secondary N) is 2. The molecule has 0 spiro atoms. The predicted molar refractivity (Wildman–Crippen MR) is 69.7 cm³/mol. The Hall–Kier alpha value is -2.08. The maximum atomic E-state index is 11.6. The van der Waals surface area contributed by atoms with Gasteiger partial charge < -0.3 is 15.5 Å². The second-order valence-electron chi connectivity index (χ2n) is 5.01. The van der Waals surface area contributed by atoms with Crippen LogP contribution in [0.5, 0.6) is 0 Å². The van der Waals surface area contributed by atoms with Gasteiger partial charge in [0.1, 0.15) is 0 Å². The Morgan fingerprint density at radius 3 is 3.00 bits per heavy atom. The first-order valence-electron chi connectivity index (χ1n) is 6.26. The zero-order valence-electron chi connectivity index (χ0n) is 10.4. The topological polar surface area (TPSA) is 101 Å². The van der Waals surface area contributed by atoms with Gasteiger partial charge in [-0.2, -0.15) is 0 Å². The lowest BCUT2D eigenvalue weighted by atomic mass is 10.1. The average molecular weight is 261 g/mol. The Labute approximate surface area is 109 Å². The lowest BCUT2D eigenvalue weighted by Gasteiger charge is -2.09. The summed E-state index contributed by atoms with van der Waals surface area (Å²) < 4.78 is 4.92. The fraction of sp³-hybridized carbons (Fsp3) is 0.385. The lowest BCUT2D eigenvalue weighted by Crippen LogP contribution is -2.43. The van der Waals surface area contributed by atoms with Crippen molar-refractivity contribution < 1.29 is 9.21 Å². The summed E-state index contributed by atoms with van der Waals surface area (Å²) in [6.45, 7) is 0.533. The SMILES string of the molecule is NC1(C(=O)NCCc2ccc3oc(=O)[nH]c3c2)CC1. The molecule has 1 saturated carbocycles. The molecule has 0 saturated heterocycles. The van der Waals surface area contributed by atoms with Gasteiger partial charge in [0, 0.05) is 6.54 Å². The van der Waals surface area contributed by atoms with Crippen molar-refractivity contribution in [3.05, 3.63) is 34.3 Å². The number of carbonyl (C=O) groups is 1. The minimum atomic E-state index is -0.625. The molecule has 1 aliphatic rings. The summed E-state index contributed by atoms with van der Waals surface area (Å²) in [6, 6.07) is 5.47. The first kappa shape index (κ1) is 12.0. The number of benzene rings is 1. The first-order chi connectivity index (χ1) is 9.07. The molecule has 6 nitrogen and oxygen atoms in total. The molecule has 2 aromatic rings. The maximum Gasteiger partial charge on any atom is 0.417 e. The minimum Gasteiger partial charge on any atom is -0.408 e. The molecule has 19 heavy (non-hydrogen) atoms. The Balaban J connectivity index is 1.62. The second kappa shape index (κ2) is 4.24. The summed E-state index contributed by atoms with van der Waals surface area (Å²) in [4.78, 5) is 25.3. The monoisotopic (exact) mass is 261 g/mol. The number of fused-ring (bicyclic) bond motifs is 1. The summed E-state index contributed by atoms with van der Waals surface area (Å²) in [5.41, 5.74) is 7.39. The molecule has 6 heteroatoms. The van der Waals surface area contributed by atoms with Crippen LogP contribution in [0.1, 0.15) is 18.4 Å². The molecule has 4 N–H and O–H groups in total. The Morgan fingerprint density at radius 2 is 2.26 bits per heavy atom. The van der Waals surface area contributed by atoms with Crippen LogP contribution in [-0.2, 0) is 11.2 Å². The van der Waals surface area contributed by atoms with Crippen LogP contribution < -0.4 is 16.8 Å². The summed E-state index contributed by atoms with van der Waals surface area (Å²) in [5, 5.41) is 2.83. The number of aromatic amines is 1. The standard InChI is InChI=1S/C13H15N3O3/c14-13(4-5-13)11(17)15-6-3-8-1-2-10-9(7-8)16-12(18)19-10/h1-2,7H,3-6,14H2,(H,15,17)(H,16,18). The number of nitrogens with two attached hydrogens (primary N) is 1. The van der Waals surface area contributed by atoms with Gasteiger partial charge in [0.05, 0.1) is 11.1 Å². The van der Waals surface area contributed by atoms with Crippen molar-refractivity contribution in [2.75, 3.05) is 6.54 Å². The zero-order chi connectivity index (χ0) is 13.5. The largest absolute Gasteiger partial charge is 0.417 e. The summed E-state index contributed by atoms with van der Waals surface area (Å²) in [6.07, 6.45) is 2.22. The molecule has 100 valence electrons. The van der Waals surface area contributed by atoms with Crippen molar-refractivity contribution in [1.29, 1.82) is 0 Å². The predicted octanol–water partition coefficient (Wildman–Crippen LogP) is 0.271. The van der Waals surface area contributed by atoms with E-state index < -0.39 is 11.3 Å². The van der Waals surface area contributed by atoms with Crippen LogP contribution in [0, 0.1) is 0 Å². The molecular formula is C13H15N3O3. The molecule has 0 radical (unpaired) electrons. The van der Waals surface area contributed by atoms with Gasteiger partial charge in [-0.15, -0.1) is 0 Å². The van der Waals surface area contributed by atoms with Crippen LogP contribution in [-0.4, -0.2) is 23.0 Å². The third-order valence-corrected chi connectivity index (χ3v) is 3.42.